The molecule has 1 aliphatic carbocycles. The second-order valence-electron chi connectivity index (χ2n) is 19.9. The van der Waals surface area contributed by atoms with Crippen molar-refractivity contribution in [3.05, 3.63) is 79.8 Å². The topological polar surface area (TPSA) is 150 Å². The molecule has 65 heavy (non-hydrogen) atoms. The van der Waals surface area contributed by atoms with E-state index in [0.717, 1.165) is 87.0 Å². The van der Waals surface area contributed by atoms with Crippen LogP contribution in [0.3, 0.4) is 0 Å². The number of fused-ring (bicyclic) bond motifs is 8. The number of hydrogen-bond acceptors (Lipinski definition) is 8. The number of aliphatic hydroxyl groups excluding tert-OH is 2. The molecule has 0 saturated heterocycles. The molecule has 0 unspecified atom stereocenters. The van der Waals surface area contributed by atoms with E-state index in [1.165, 1.54) is 57.6 Å². The molecule has 3 aliphatic rings. The Kier molecular flexibility index (Phi) is 16.3. The third kappa shape index (κ3) is 11.0. The Labute approximate surface area is 386 Å². The molecule has 10 heteroatoms. The number of aliphatic hydroxyl groups is 2. The van der Waals surface area contributed by atoms with Crippen LogP contribution in [0, 0.1) is 31.6 Å². The molecule has 0 amide bonds. The summed E-state index contributed by atoms with van der Waals surface area (Å²) in [7, 11) is 1.32. The number of rotatable bonds is 19. The van der Waals surface area contributed by atoms with Crippen LogP contribution >= 0.6 is 0 Å². The van der Waals surface area contributed by atoms with Crippen LogP contribution in [0.4, 0.5) is 0 Å². The molecule has 0 radical (unpaired) electrons. The fourth-order valence-electron chi connectivity index (χ4n) is 10.4. The van der Waals surface area contributed by atoms with Gasteiger partial charge in [0.25, 0.3) is 0 Å². The number of esters is 2. The Morgan fingerprint density at radius 3 is 2.14 bits per heavy atom. The zero-order chi connectivity index (χ0) is 47.3. The summed E-state index contributed by atoms with van der Waals surface area (Å²) < 4.78 is 11.1. The van der Waals surface area contributed by atoms with Gasteiger partial charge in [0.05, 0.1) is 41.0 Å². The van der Waals surface area contributed by atoms with E-state index in [9.17, 15) is 19.8 Å². The van der Waals surface area contributed by atoms with Crippen LogP contribution in [0.5, 0.6) is 0 Å². The average molecular weight is 889 g/mol. The van der Waals surface area contributed by atoms with Crippen molar-refractivity contribution in [1.82, 2.24) is 19.9 Å². The largest absolute Gasteiger partial charge is 0.512 e. The van der Waals surface area contributed by atoms with Crippen LogP contribution in [0.1, 0.15) is 197 Å². The fraction of sp³-hybridized carbons (Fsp3) is 0.564. The molecule has 0 fully saturated rings. The maximum absolute atomic E-state index is 13.7. The predicted octanol–water partition coefficient (Wildman–Crippen LogP) is 12.5. The Morgan fingerprint density at radius 2 is 1.49 bits per heavy atom. The molecular weight excluding hydrogens is 813 g/mol. The van der Waals surface area contributed by atoms with Gasteiger partial charge in [0.1, 0.15) is 18.3 Å². The Morgan fingerprint density at radius 1 is 0.846 bits per heavy atom. The molecule has 5 atom stereocenters. The van der Waals surface area contributed by atoms with E-state index in [1.807, 2.05) is 38.1 Å². The monoisotopic (exact) mass is 889 g/mol. The maximum Gasteiger partial charge on any atom is 0.321 e. The third-order valence-electron chi connectivity index (χ3n) is 14.5. The van der Waals surface area contributed by atoms with Gasteiger partial charge in [-0.2, -0.15) is 0 Å². The van der Waals surface area contributed by atoms with Gasteiger partial charge in [-0.05, 0) is 125 Å². The average Bonchev–Trinajstić information content (AvgIpc) is 4.00. The lowest BCUT2D eigenvalue weighted by molar-refractivity contribution is -0.143. The van der Waals surface area contributed by atoms with Crippen molar-refractivity contribution < 1.29 is 29.3 Å². The summed E-state index contributed by atoms with van der Waals surface area (Å²) in [6.07, 6.45) is 14.6. The molecule has 3 aromatic heterocycles. The highest BCUT2D eigenvalue weighted by molar-refractivity contribution is 5.97. The summed E-state index contributed by atoms with van der Waals surface area (Å²) in [5, 5.41) is 24.2. The quantitative estimate of drug-likeness (QED) is 0.0686. The van der Waals surface area contributed by atoms with E-state index in [0.29, 0.717) is 39.6 Å². The molecule has 4 N–H and O–H groups in total. The molecule has 6 rings (SSSR count). The first-order valence-corrected chi connectivity index (χ1v) is 24.4. The van der Waals surface area contributed by atoms with E-state index in [2.05, 4.69) is 65.4 Å². The summed E-state index contributed by atoms with van der Waals surface area (Å²) in [4.78, 5) is 44.6. The van der Waals surface area contributed by atoms with Gasteiger partial charge in [-0.3, -0.25) is 14.6 Å². The number of hydrogen-bond donors (Lipinski definition) is 4. The fourth-order valence-corrected chi connectivity index (χ4v) is 10.4. The van der Waals surface area contributed by atoms with Crippen molar-refractivity contribution in [1.29, 1.82) is 0 Å². The summed E-state index contributed by atoms with van der Waals surface area (Å²) in [6.45, 7) is 23.6. The molecule has 3 aromatic rings. The molecular formula is C55H76N4O6. The third-order valence-corrected chi connectivity index (χ3v) is 14.5. The smallest absolute Gasteiger partial charge is 0.321 e. The first-order valence-electron chi connectivity index (χ1n) is 24.4. The number of methoxy groups -OCH3 is 1. The Balaban J connectivity index is 1.26. The van der Waals surface area contributed by atoms with Crippen molar-refractivity contribution in [3.63, 3.8) is 0 Å². The summed E-state index contributed by atoms with van der Waals surface area (Å²) in [6, 6.07) is 6.00. The van der Waals surface area contributed by atoms with Crippen LogP contribution in [0.25, 0.3) is 44.7 Å². The van der Waals surface area contributed by atoms with Crippen molar-refractivity contribution in [2.45, 2.75) is 171 Å². The normalized spacial score (nSPS) is 18.7. The van der Waals surface area contributed by atoms with Crippen LogP contribution in [0.15, 0.2) is 29.8 Å². The second-order valence-corrected chi connectivity index (χ2v) is 19.9. The number of carbonyl (C=O) groups excluding carboxylic acids is 2. The van der Waals surface area contributed by atoms with Gasteiger partial charge in [0.2, 0.25) is 0 Å². The molecule has 5 heterocycles. The van der Waals surface area contributed by atoms with Gasteiger partial charge in [-0.1, -0.05) is 92.1 Å². The van der Waals surface area contributed by atoms with Gasteiger partial charge < -0.3 is 29.7 Å². The van der Waals surface area contributed by atoms with Crippen molar-refractivity contribution in [3.8, 4) is 0 Å². The number of aromatic nitrogens is 4. The zero-order valence-corrected chi connectivity index (χ0v) is 41.4. The summed E-state index contributed by atoms with van der Waals surface area (Å²) in [5.74, 6) is -0.0366. The number of nitrogens with zero attached hydrogens (tertiary/aromatic N) is 2. The van der Waals surface area contributed by atoms with Crippen molar-refractivity contribution in [2.24, 2.45) is 17.8 Å². The molecule has 0 aromatic carbocycles. The number of H-pyrrole nitrogens is 2. The van der Waals surface area contributed by atoms with Gasteiger partial charge in [-0.25, -0.2) is 4.98 Å². The van der Waals surface area contributed by atoms with Crippen LogP contribution in [0.2, 0.25) is 0 Å². The number of carbonyl (C=O) groups is 2. The number of nitrogens with one attached hydrogen (secondary N) is 2. The van der Waals surface area contributed by atoms with E-state index < -0.39 is 11.9 Å². The van der Waals surface area contributed by atoms with Crippen molar-refractivity contribution in [2.75, 3.05) is 13.7 Å². The minimum Gasteiger partial charge on any atom is -0.512 e. The van der Waals surface area contributed by atoms with E-state index in [4.69, 9.17) is 19.4 Å². The Bertz CT molecular complexity index is 2620. The SMILES string of the molecule is CCC1=C(C)c2cc3[nH]c(cc4nc(c5c6[nH]c(cc1n2)c(C)c6=C(O)[C@@H]5C(=O)OC)[C@@H](CCC(=O)OC/C=C(\C)CCC[C@H](C)CCC[C@H](C)CCCC(C)C)[C@@H]4C)c(C)/c3=C(\C)O. The second kappa shape index (κ2) is 21.5. The minimum absolute atomic E-state index is 0.0868. The number of aromatic amines is 2. The van der Waals surface area contributed by atoms with E-state index in [-0.39, 0.29) is 42.4 Å². The number of ether oxygens (including phenoxy) is 2. The van der Waals surface area contributed by atoms with Gasteiger partial charge in [-0.15, -0.1) is 0 Å². The number of allylic oxidation sites excluding steroid dienone is 3. The van der Waals surface area contributed by atoms with Gasteiger partial charge in [0.15, 0.2) is 0 Å². The molecule has 10 nitrogen and oxygen atoms in total. The minimum atomic E-state index is -1.10. The predicted molar refractivity (Wildman–Crippen MR) is 265 cm³/mol. The van der Waals surface area contributed by atoms with Gasteiger partial charge >= 0.3 is 11.9 Å². The maximum atomic E-state index is 13.7. The Hall–Kier alpha value is -5.12. The molecule has 8 bridgehead atoms. The van der Waals surface area contributed by atoms with E-state index >= 15 is 0 Å². The van der Waals surface area contributed by atoms with Gasteiger partial charge in [0, 0.05) is 51.0 Å². The highest BCUT2D eigenvalue weighted by atomic mass is 16.5. The lowest BCUT2D eigenvalue weighted by atomic mass is 9.84. The molecule has 352 valence electrons. The lowest BCUT2D eigenvalue weighted by Crippen LogP contribution is -2.18. The number of aryl methyl sites for hydroxylation is 2. The van der Waals surface area contributed by atoms with Crippen molar-refractivity contribution >= 4 is 56.7 Å². The standard InChI is InChI=1S/C55H76N4O6/c1-13-39-34(7)41-29-46-48(38(11)60)36(9)43(57-46)27-42-35(8)40(52(58-42)50-51(55(63)64-12)54(62)49-37(10)44(59-53(49)50)28-45(39)56-41)23-24-47(61)65-26-25-33(6)22-16-21-32(5)20-15-19-31(4)18-14-17-30(2)3/h25,27-32,35,40,51,57,59-60,62H,13-24,26H2,1-12H3/b33-25+,42-27?,45-28?,46-29?,48-38-/t31-,32-,35+,40+,51-/m1/s1. The lowest BCUT2D eigenvalue weighted by Gasteiger charge is -2.19. The summed E-state index contributed by atoms with van der Waals surface area (Å²) in [5.41, 5.74) is 11.4. The van der Waals surface area contributed by atoms with Crippen LogP contribution < -0.4 is 10.4 Å². The van der Waals surface area contributed by atoms with Crippen LogP contribution in [-0.2, 0) is 19.1 Å². The molecule has 0 spiro atoms. The highest BCUT2D eigenvalue weighted by Gasteiger charge is 2.41. The first kappa shape index (κ1) is 49.3. The van der Waals surface area contributed by atoms with Crippen LogP contribution in [-0.4, -0.2) is 55.8 Å². The zero-order valence-electron chi connectivity index (χ0n) is 41.4. The van der Waals surface area contributed by atoms with E-state index in [1.54, 1.807) is 6.92 Å². The molecule has 2 aliphatic heterocycles. The summed E-state index contributed by atoms with van der Waals surface area (Å²) >= 11 is 0. The first-order chi connectivity index (χ1) is 30.9. The molecule has 0 saturated carbocycles. The highest BCUT2D eigenvalue weighted by Crippen LogP contribution is 2.46.